The molecule has 2 aromatic rings. The van der Waals surface area contributed by atoms with Gasteiger partial charge in [-0.25, -0.2) is 13.1 Å². The monoisotopic (exact) mass is 280 g/mol. The summed E-state index contributed by atoms with van der Waals surface area (Å²) in [5.41, 5.74) is 11.6. The molecule has 0 spiro atoms. The molecule has 0 aliphatic rings. The van der Waals surface area contributed by atoms with Crippen LogP contribution in [0.25, 0.3) is 5.69 Å². The van der Waals surface area contributed by atoms with Crippen molar-refractivity contribution in [3.05, 3.63) is 36.2 Å². The lowest BCUT2D eigenvalue weighted by Gasteiger charge is -2.09. The van der Waals surface area contributed by atoms with Gasteiger partial charge in [-0.1, -0.05) is 6.07 Å². The first kappa shape index (κ1) is 13.1. The molecule has 0 bridgehead atoms. The maximum absolute atomic E-state index is 11.6. The average Bonchev–Trinajstić information content (AvgIpc) is 2.77. The Bertz CT molecular complexity index is 749. The Labute approximate surface area is 109 Å². The number of nitrogen functional groups attached to an aromatic ring is 1. The highest BCUT2D eigenvalue weighted by molar-refractivity contribution is 7.90. The van der Waals surface area contributed by atoms with Gasteiger partial charge in [0.05, 0.1) is 28.0 Å². The number of amides is 1. The smallest absolute Gasteiger partial charge is 0.251 e. The van der Waals surface area contributed by atoms with Crippen LogP contribution < -0.4 is 11.5 Å². The third-order valence-corrected chi connectivity index (χ3v) is 3.71. The molecule has 1 amide bonds. The number of primary amides is 1. The minimum Gasteiger partial charge on any atom is -0.396 e. The molecule has 19 heavy (non-hydrogen) atoms. The maximum atomic E-state index is 11.6. The minimum atomic E-state index is -3.43. The zero-order valence-electron chi connectivity index (χ0n) is 10.1. The molecule has 1 aromatic heterocycles. The van der Waals surface area contributed by atoms with Crippen molar-refractivity contribution < 1.29 is 13.2 Å². The number of sulfone groups is 1. The van der Waals surface area contributed by atoms with Crippen molar-refractivity contribution in [3.8, 4) is 5.69 Å². The number of rotatable bonds is 3. The lowest BCUT2D eigenvalue weighted by atomic mass is 10.2. The fourth-order valence-corrected chi connectivity index (χ4v) is 2.47. The normalized spacial score (nSPS) is 11.4. The van der Waals surface area contributed by atoms with E-state index >= 15 is 0 Å². The van der Waals surface area contributed by atoms with Gasteiger partial charge in [-0.05, 0) is 12.1 Å². The number of anilines is 1. The molecule has 0 saturated carbocycles. The number of para-hydroxylation sites is 1. The van der Waals surface area contributed by atoms with E-state index in [2.05, 4.69) is 5.10 Å². The first-order valence-corrected chi connectivity index (χ1v) is 7.13. The van der Waals surface area contributed by atoms with E-state index in [1.165, 1.54) is 23.1 Å². The van der Waals surface area contributed by atoms with Gasteiger partial charge < -0.3 is 11.5 Å². The van der Waals surface area contributed by atoms with Crippen LogP contribution in [0.3, 0.4) is 0 Å². The van der Waals surface area contributed by atoms with Crippen molar-refractivity contribution in [1.29, 1.82) is 0 Å². The molecule has 8 heteroatoms. The summed E-state index contributed by atoms with van der Waals surface area (Å²) < 4.78 is 24.4. The molecule has 0 aliphatic heterocycles. The summed E-state index contributed by atoms with van der Waals surface area (Å²) in [6.07, 6.45) is 3.75. The average molecular weight is 280 g/mol. The zero-order valence-corrected chi connectivity index (χ0v) is 10.9. The van der Waals surface area contributed by atoms with Gasteiger partial charge in [-0.2, -0.15) is 5.10 Å². The summed E-state index contributed by atoms with van der Waals surface area (Å²) in [5, 5.41) is 3.93. The molecule has 0 aliphatic carbocycles. The second kappa shape index (κ2) is 4.39. The third-order valence-electron chi connectivity index (χ3n) is 2.56. The van der Waals surface area contributed by atoms with E-state index in [0.29, 0.717) is 5.69 Å². The van der Waals surface area contributed by atoms with Crippen LogP contribution in [0.15, 0.2) is 35.5 Å². The van der Waals surface area contributed by atoms with Gasteiger partial charge in [-0.15, -0.1) is 0 Å². The fourth-order valence-electron chi connectivity index (χ4n) is 1.64. The van der Waals surface area contributed by atoms with Crippen LogP contribution in [0.5, 0.6) is 0 Å². The largest absolute Gasteiger partial charge is 0.396 e. The molecule has 1 aromatic carbocycles. The van der Waals surface area contributed by atoms with Gasteiger partial charge in [0, 0.05) is 12.5 Å². The van der Waals surface area contributed by atoms with E-state index in [1.54, 1.807) is 12.1 Å². The zero-order chi connectivity index (χ0) is 14.2. The third kappa shape index (κ3) is 2.43. The van der Waals surface area contributed by atoms with Crippen molar-refractivity contribution in [2.75, 3.05) is 12.0 Å². The molecule has 4 N–H and O–H groups in total. The van der Waals surface area contributed by atoms with Crippen molar-refractivity contribution >= 4 is 21.4 Å². The summed E-state index contributed by atoms with van der Waals surface area (Å²) in [7, 11) is -3.43. The second-order valence-electron chi connectivity index (χ2n) is 4.00. The predicted molar refractivity (Wildman–Crippen MR) is 69.6 cm³/mol. The first-order valence-electron chi connectivity index (χ1n) is 5.24. The number of nitrogens with two attached hydrogens (primary N) is 2. The number of hydrogen-bond donors (Lipinski definition) is 2. The van der Waals surface area contributed by atoms with Gasteiger partial charge in [0.1, 0.15) is 0 Å². The maximum Gasteiger partial charge on any atom is 0.251 e. The van der Waals surface area contributed by atoms with Gasteiger partial charge >= 0.3 is 0 Å². The summed E-state index contributed by atoms with van der Waals surface area (Å²) in [5.74, 6) is -0.621. The van der Waals surface area contributed by atoms with E-state index in [1.807, 2.05) is 0 Å². The molecular weight excluding hydrogens is 268 g/mol. The Morgan fingerprint density at radius 2 is 2.05 bits per heavy atom. The predicted octanol–water partition coefficient (Wildman–Crippen LogP) is -0.0431. The quantitative estimate of drug-likeness (QED) is 0.764. The minimum absolute atomic E-state index is 0.0149. The molecule has 0 atom stereocenters. The van der Waals surface area contributed by atoms with Gasteiger partial charge in [0.25, 0.3) is 5.91 Å². The summed E-state index contributed by atoms with van der Waals surface area (Å²) in [6.45, 7) is 0. The molecule has 100 valence electrons. The Hall–Kier alpha value is -2.35. The summed E-state index contributed by atoms with van der Waals surface area (Å²) >= 11 is 0. The van der Waals surface area contributed by atoms with Crippen LogP contribution in [-0.2, 0) is 9.84 Å². The molecule has 1 heterocycles. The number of nitrogens with zero attached hydrogens (tertiary/aromatic N) is 2. The van der Waals surface area contributed by atoms with Gasteiger partial charge in [-0.3, -0.25) is 4.79 Å². The Kier molecular flexibility index (Phi) is 3.03. The summed E-state index contributed by atoms with van der Waals surface area (Å²) in [4.78, 5) is 11.0. The Morgan fingerprint density at radius 1 is 1.37 bits per heavy atom. The van der Waals surface area contributed by atoms with Crippen molar-refractivity contribution in [1.82, 2.24) is 9.78 Å². The number of benzene rings is 1. The number of hydrogen-bond acceptors (Lipinski definition) is 5. The molecule has 0 unspecified atom stereocenters. The summed E-state index contributed by atoms with van der Waals surface area (Å²) in [6, 6.07) is 4.56. The molecule has 0 radical (unpaired) electrons. The molecule has 0 fully saturated rings. The lowest BCUT2D eigenvalue weighted by Crippen LogP contribution is -2.10. The van der Waals surface area contributed by atoms with E-state index < -0.39 is 15.7 Å². The SMILES string of the molecule is CS(=O)(=O)c1cccc(-n2cc(C(N)=O)cn2)c1N. The highest BCUT2D eigenvalue weighted by atomic mass is 32.2. The number of carbonyl (C=O) groups excluding carboxylic acids is 1. The first-order chi connectivity index (χ1) is 8.80. The molecule has 0 saturated heterocycles. The van der Waals surface area contributed by atoms with Crippen molar-refractivity contribution in [2.45, 2.75) is 4.90 Å². The van der Waals surface area contributed by atoms with Crippen LogP contribution in [0.2, 0.25) is 0 Å². The van der Waals surface area contributed by atoms with E-state index in [4.69, 9.17) is 11.5 Å². The molecule has 2 rings (SSSR count). The standard InChI is InChI=1S/C11H12N4O3S/c1-19(17,18)9-4-2-3-8(10(9)12)15-6-7(5-14-15)11(13)16/h2-6H,12H2,1H3,(H2,13,16). The Morgan fingerprint density at radius 3 is 2.58 bits per heavy atom. The lowest BCUT2D eigenvalue weighted by molar-refractivity contribution is 0.100. The second-order valence-corrected chi connectivity index (χ2v) is 5.98. The van der Waals surface area contributed by atoms with E-state index in [0.717, 1.165) is 6.26 Å². The molecule has 7 nitrogen and oxygen atoms in total. The highest BCUT2D eigenvalue weighted by Gasteiger charge is 2.16. The van der Waals surface area contributed by atoms with Crippen LogP contribution >= 0.6 is 0 Å². The van der Waals surface area contributed by atoms with Gasteiger partial charge in [0.15, 0.2) is 9.84 Å². The fraction of sp³-hybridized carbons (Fsp3) is 0.0909. The number of carbonyl (C=O) groups is 1. The Balaban J connectivity index is 2.60. The van der Waals surface area contributed by atoms with Crippen molar-refractivity contribution in [3.63, 3.8) is 0 Å². The van der Waals surface area contributed by atoms with Crippen molar-refractivity contribution in [2.24, 2.45) is 5.73 Å². The van der Waals surface area contributed by atoms with E-state index in [9.17, 15) is 13.2 Å². The molecular formula is C11H12N4O3S. The van der Waals surface area contributed by atoms with Crippen LogP contribution in [0.1, 0.15) is 10.4 Å². The van der Waals surface area contributed by atoms with E-state index in [-0.39, 0.29) is 16.1 Å². The topological polar surface area (TPSA) is 121 Å². The number of aromatic nitrogens is 2. The van der Waals surface area contributed by atoms with Crippen LogP contribution in [-0.4, -0.2) is 30.4 Å². The van der Waals surface area contributed by atoms with Crippen LogP contribution in [0, 0.1) is 0 Å². The van der Waals surface area contributed by atoms with Crippen LogP contribution in [0.4, 0.5) is 5.69 Å². The highest BCUT2D eigenvalue weighted by Crippen LogP contribution is 2.25. The van der Waals surface area contributed by atoms with Gasteiger partial charge in [0.2, 0.25) is 0 Å².